The molecule has 3 N–H and O–H groups in total. The minimum absolute atomic E-state index is 0.100. The molecule has 0 aliphatic carbocycles. The summed E-state index contributed by atoms with van der Waals surface area (Å²) in [5.74, 6) is 0.905. The van der Waals surface area contributed by atoms with E-state index < -0.39 is 0 Å². The fourth-order valence-corrected chi connectivity index (χ4v) is 2.71. The molecule has 0 radical (unpaired) electrons. The molecule has 0 saturated carbocycles. The van der Waals surface area contributed by atoms with E-state index in [1.807, 2.05) is 25.1 Å². The second-order valence-corrected chi connectivity index (χ2v) is 6.55. The first-order valence-electron chi connectivity index (χ1n) is 9.52. The van der Waals surface area contributed by atoms with Crippen molar-refractivity contribution >= 4 is 29.1 Å². The summed E-state index contributed by atoms with van der Waals surface area (Å²) in [4.78, 5) is 32.3. The highest BCUT2D eigenvalue weighted by Gasteiger charge is 2.14. The average Bonchev–Trinajstić information content (AvgIpc) is 3.19. The van der Waals surface area contributed by atoms with Crippen LogP contribution in [0.25, 0.3) is 17.2 Å². The normalized spacial score (nSPS) is 12.2. The number of nitrogens with zero attached hydrogens (tertiary/aromatic N) is 4. The summed E-state index contributed by atoms with van der Waals surface area (Å²) in [6.45, 7) is 3.08. The number of carbonyl (C=O) groups excluding carboxylic acids is 1. The van der Waals surface area contributed by atoms with Crippen LogP contribution in [0.2, 0.25) is 0 Å². The van der Waals surface area contributed by atoms with Crippen LogP contribution in [0.4, 0.5) is 5.95 Å². The first-order valence-corrected chi connectivity index (χ1v) is 9.52. The summed E-state index contributed by atoms with van der Waals surface area (Å²) in [6.07, 6.45) is 7.73. The zero-order chi connectivity index (χ0) is 21.3. The molecule has 10 heteroatoms. The van der Waals surface area contributed by atoms with Crippen molar-refractivity contribution in [3.8, 4) is 5.88 Å². The molecule has 0 saturated heterocycles. The summed E-state index contributed by atoms with van der Waals surface area (Å²) in [5.41, 5.74) is 1.99. The van der Waals surface area contributed by atoms with Gasteiger partial charge in [0, 0.05) is 32.1 Å². The molecule has 3 heterocycles. The van der Waals surface area contributed by atoms with Gasteiger partial charge in [-0.3, -0.25) is 4.79 Å². The predicted molar refractivity (Wildman–Crippen MR) is 113 cm³/mol. The van der Waals surface area contributed by atoms with Crippen molar-refractivity contribution in [1.82, 2.24) is 30.2 Å². The molecule has 3 rings (SSSR count). The largest absolute Gasteiger partial charge is 0.480 e. The molecular formula is C20H25N7O3. The predicted octanol–water partition coefficient (Wildman–Crippen LogP) is 2.04. The number of aromatic amines is 1. The lowest BCUT2D eigenvalue weighted by Crippen LogP contribution is -2.32. The topological polar surface area (TPSA) is 127 Å². The SMILES string of the molecule is COCCNc1ncc(/C=C/C[C@H](C)NC(=O)c2nc3ncccc3[nH]2)c(OC)n1. The van der Waals surface area contributed by atoms with Crippen LogP contribution >= 0.6 is 0 Å². The fourth-order valence-electron chi connectivity index (χ4n) is 2.71. The van der Waals surface area contributed by atoms with E-state index >= 15 is 0 Å². The molecule has 0 aliphatic heterocycles. The summed E-state index contributed by atoms with van der Waals surface area (Å²) >= 11 is 0. The van der Waals surface area contributed by atoms with E-state index in [9.17, 15) is 4.79 Å². The number of imidazole rings is 1. The highest BCUT2D eigenvalue weighted by atomic mass is 16.5. The van der Waals surface area contributed by atoms with Gasteiger partial charge in [0.05, 0.1) is 24.8 Å². The van der Waals surface area contributed by atoms with Crippen LogP contribution in [0.3, 0.4) is 0 Å². The maximum absolute atomic E-state index is 12.4. The van der Waals surface area contributed by atoms with Crippen LogP contribution in [0.15, 0.2) is 30.6 Å². The third kappa shape index (κ3) is 5.51. The lowest BCUT2D eigenvalue weighted by molar-refractivity contribution is 0.0931. The number of carbonyl (C=O) groups is 1. The lowest BCUT2D eigenvalue weighted by Gasteiger charge is -2.10. The van der Waals surface area contributed by atoms with E-state index in [0.29, 0.717) is 37.0 Å². The number of hydrogen-bond acceptors (Lipinski definition) is 8. The van der Waals surface area contributed by atoms with E-state index in [2.05, 4.69) is 35.6 Å². The number of methoxy groups -OCH3 is 2. The number of hydrogen-bond donors (Lipinski definition) is 3. The number of rotatable bonds is 10. The van der Waals surface area contributed by atoms with Crippen molar-refractivity contribution in [2.24, 2.45) is 0 Å². The minimum Gasteiger partial charge on any atom is -0.480 e. The van der Waals surface area contributed by atoms with E-state index in [4.69, 9.17) is 9.47 Å². The van der Waals surface area contributed by atoms with Crippen LogP contribution in [0, 0.1) is 0 Å². The second-order valence-electron chi connectivity index (χ2n) is 6.55. The van der Waals surface area contributed by atoms with Gasteiger partial charge < -0.3 is 25.1 Å². The molecule has 3 aromatic heterocycles. The summed E-state index contributed by atoms with van der Waals surface area (Å²) in [6, 6.07) is 3.51. The Kier molecular flexibility index (Phi) is 7.28. The van der Waals surface area contributed by atoms with Gasteiger partial charge in [0.2, 0.25) is 11.8 Å². The monoisotopic (exact) mass is 411 g/mol. The maximum atomic E-state index is 12.4. The lowest BCUT2D eigenvalue weighted by atomic mass is 10.2. The zero-order valence-corrected chi connectivity index (χ0v) is 17.2. The van der Waals surface area contributed by atoms with Crippen molar-refractivity contribution in [1.29, 1.82) is 0 Å². The first-order chi connectivity index (χ1) is 14.6. The molecule has 0 spiro atoms. The Bertz CT molecular complexity index is 986. The van der Waals surface area contributed by atoms with Crippen molar-refractivity contribution in [3.05, 3.63) is 42.0 Å². The molecule has 1 amide bonds. The van der Waals surface area contributed by atoms with Gasteiger partial charge in [0.25, 0.3) is 5.91 Å². The highest BCUT2D eigenvalue weighted by molar-refractivity contribution is 5.93. The molecular weight excluding hydrogens is 386 g/mol. The second kappa shape index (κ2) is 10.3. The fraction of sp³-hybridized carbons (Fsp3) is 0.350. The van der Waals surface area contributed by atoms with Crippen molar-refractivity contribution in [3.63, 3.8) is 0 Å². The molecule has 3 aromatic rings. The van der Waals surface area contributed by atoms with Crippen LogP contribution in [0.5, 0.6) is 5.88 Å². The third-order valence-electron chi connectivity index (χ3n) is 4.20. The van der Waals surface area contributed by atoms with E-state index in [1.54, 1.807) is 32.7 Å². The Hall–Kier alpha value is -3.53. The van der Waals surface area contributed by atoms with Gasteiger partial charge in [-0.25, -0.2) is 15.0 Å². The summed E-state index contributed by atoms with van der Waals surface area (Å²) in [5, 5.41) is 5.97. The Morgan fingerprint density at radius 2 is 2.17 bits per heavy atom. The van der Waals surface area contributed by atoms with Gasteiger partial charge in [-0.05, 0) is 25.5 Å². The molecule has 30 heavy (non-hydrogen) atoms. The van der Waals surface area contributed by atoms with Crippen molar-refractivity contribution < 1.29 is 14.3 Å². The number of ether oxygens (including phenoxy) is 2. The zero-order valence-electron chi connectivity index (χ0n) is 17.2. The Morgan fingerprint density at radius 3 is 2.93 bits per heavy atom. The van der Waals surface area contributed by atoms with Crippen molar-refractivity contribution in [2.45, 2.75) is 19.4 Å². The molecule has 0 aromatic carbocycles. The maximum Gasteiger partial charge on any atom is 0.287 e. The van der Waals surface area contributed by atoms with Crippen LogP contribution < -0.4 is 15.4 Å². The van der Waals surface area contributed by atoms with Crippen LogP contribution in [-0.2, 0) is 4.74 Å². The van der Waals surface area contributed by atoms with Crippen LogP contribution in [-0.4, -0.2) is 64.2 Å². The molecule has 0 aliphatic rings. The molecule has 158 valence electrons. The summed E-state index contributed by atoms with van der Waals surface area (Å²) in [7, 11) is 3.19. The van der Waals surface area contributed by atoms with Gasteiger partial charge in [-0.2, -0.15) is 4.98 Å². The average molecular weight is 411 g/mol. The smallest absolute Gasteiger partial charge is 0.287 e. The number of anilines is 1. The number of H-pyrrole nitrogens is 1. The Balaban J connectivity index is 1.55. The standard InChI is InChI=1S/C20H25N7O3/c1-13(24-18(28)17-25-15-8-5-9-21-16(15)26-17)6-4-7-14-12-23-20(22-10-11-29-2)27-19(14)30-3/h4-5,7-9,12-13H,6,10-11H2,1-3H3,(H,24,28)(H,21,25,26)(H,22,23,27)/b7-4+/t13-/m0/s1. The van der Waals surface area contributed by atoms with Gasteiger partial charge in [0.15, 0.2) is 11.5 Å². The Labute approximate surface area is 174 Å². The van der Waals surface area contributed by atoms with E-state index in [0.717, 1.165) is 11.1 Å². The van der Waals surface area contributed by atoms with Gasteiger partial charge in [-0.15, -0.1) is 0 Å². The van der Waals surface area contributed by atoms with E-state index in [1.165, 1.54) is 0 Å². The van der Waals surface area contributed by atoms with E-state index in [-0.39, 0.29) is 17.8 Å². The molecule has 0 bridgehead atoms. The summed E-state index contributed by atoms with van der Waals surface area (Å²) < 4.78 is 10.3. The van der Waals surface area contributed by atoms with Gasteiger partial charge in [-0.1, -0.05) is 12.2 Å². The van der Waals surface area contributed by atoms with Gasteiger partial charge in [0.1, 0.15) is 0 Å². The quantitative estimate of drug-likeness (QED) is 0.433. The Morgan fingerprint density at radius 1 is 1.30 bits per heavy atom. The number of amides is 1. The first kappa shape index (κ1) is 21.2. The highest BCUT2D eigenvalue weighted by Crippen LogP contribution is 2.18. The molecule has 10 nitrogen and oxygen atoms in total. The molecule has 0 unspecified atom stereocenters. The third-order valence-corrected chi connectivity index (χ3v) is 4.20. The number of pyridine rings is 1. The molecule has 0 fully saturated rings. The molecule has 1 atom stereocenters. The minimum atomic E-state index is -0.277. The number of fused-ring (bicyclic) bond motifs is 1. The van der Waals surface area contributed by atoms with Gasteiger partial charge >= 0.3 is 0 Å². The van der Waals surface area contributed by atoms with Crippen LogP contribution in [0.1, 0.15) is 29.5 Å². The number of nitrogens with one attached hydrogen (secondary N) is 3. The van der Waals surface area contributed by atoms with Crippen molar-refractivity contribution in [2.75, 3.05) is 32.7 Å². The number of aromatic nitrogens is 5.